The molecular weight excluding hydrogens is 182 g/mol. The van der Waals surface area contributed by atoms with Crippen molar-refractivity contribution in [3.63, 3.8) is 0 Å². The Labute approximate surface area is 93.7 Å². The maximum atomic E-state index is 5.47. The highest BCUT2D eigenvalue weighted by Gasteiger charge is 2.12. The minimum Gasteiger partial charge on any atom is -0.330 e. The summed E-state index contributed by atoms with van der Waals surface area (Å²) in [6.45, 7) is 7.55. The summed E-state index contributed by atoms with van der Waals surface area (Å²) in [4.78, 5) is 0. The number of hydrogen-bond acceptors (Lipinski definition) is 1. The van der Waals surface area contributed by atoms with Crippen LogP contribution in [0.2, 0.25) is 0 Å². The molecule has 0 unspecified atom stereocenters. The van der Waals surface area contributed by atoms with Gasteiger partial charge in [-0.1, -0.05) is 45.0 Å². The Hall–Kier alpha value is -0.820. The maximum absolute atomic E-state index is 5.47. The van der Waals surface area contributed by atoms with Crippen molar-refractivity contribution in [2.45, 2.75) is 45.4 Å². The first-order valence-corrected chi connectivity index (χ1v) is 5.83. The number of aryl methyl sites for hydroxylation is 1. The number of nitrogens with two attached hydrogens (primary N) is 1. The number of benzene rings is 1. The molecular formula is C14H23N. The van der Waals surface area contributed by atoms with E-state index in [0.29, 0.717) is 0 Å². The predicted molar refractivity (Wildman–Crippen MR) is 67.1 cm³/mol. The number of rotatable bonds is 4. The molecule has 1 rings (SSSR count). The molecule has 0 aliphatic rings. The Bertz CT molecular complexity index is 279. The summed E-state index contributed by atoms with van der Waals surface area (Å²) >= 11 is 0. The van der Waals surface area contributed by atoms with Gasteiger partial charge < -0.3 is 5.73 Å². The lowest BCUT2D eigenvalue weighted by Gasteiger charge is -2.19. The van der Waals surface area contributed by atoms with Gasteiger partial charge in [0.2, 0.25) is 0 Å². The van der Waals surface area contributed by atoms with Crippen molar-refractivity contribution < 1.29 is 0 Å². The molecule has 0 aromatic heterocycles. The molecule has 0 aliphatic carbocycles. The molecule has 0 atom stereocenters. The zero-order valence-corrected chi connectivity index (χ0v) is 10.2. The third kappa shape index (κ3) is 4.05. The van der Waals surface area contributed by atoms with Crippen molar-refractivity contribution in [1.82, 2.24) is 0 Å². The van der Waals surface area contributed by atoms with Gasteiger partial charge in [-0.15, -0.1) is 0 Å². The molecule has 0 saturated heterocycles. The van der Waals surface area contributed by atoms with Crippen LogP contribution in [0.4, 0.5) is 0 Å². The van der Waals surface area contributed by atoms with Crippen molar-refractivity contribution in [1.29, 1.82) is 0 Å². The van der Waals surface area contributed by atoms with E-state index in [2.05, 4.69) is 45.0 Å². The van der Waals surface area contributed by atoms with Crippen LogP contribution in [0.5, 0.6) is 0 Å². The Morgan fingerprint density at radius 1 is 1.00 bits per heavy atom. The van der Waals surface area contributed by atoms with Crippen LogP contribution in [-0.2, 0) is 11.8 Å². The first kappa shape index (κ1) is 12.3. The quantitative estimate of drug-likeness (QED) is 0.750. The zero-order valence-electron chi connectivity index (χ0n) is 10.2. The molecule has 84 valence electrons. The smallest absolute Gasteiger partial charge is 0.00772 e. The topological polar surface area (TPSA) is 26.0 Å². The summed E-state index contributed by atoms with van der Waals surface area (Å²) in [5.41, 5.74) is 8.57. The van der Waals surface area contributed by atoms with E-state index in [-0.39, 0.29) is 5.41 Å². The van der Waals surface area contributed by atoms with Crippen LogP contribution >= 0.6 is 0 Å². The van der Waals surface area contributed by atoms with Crippen molar-refractivity contribution in [2.24, 2.45) is 5.73 Å². The highest BCUT2D eigenvalue weighted by molar-refractivity contribution is 5.27. The standard InChI is InChI=1S/C14H23N/c1-14(2,3)13-9-7-12(8-10-13)6-4-5-11-15/h7-10H,4-6,11,15H2,1-3H3. The van der Waals surface area contributed by atoms with Crippen molar-refractivity contribution >= 4 is 0 Å². The molecule has 0 aliphatic heterocycles. The Morgan fingerprint density at radius 2 is 1.60 bits per heavy atom. The van der Waals surface area contributed by atoms with Crippen LogP contribution in [0.1, 0.15) is 44.7 Å². The largest absolute Gasteiger partial charge is 0.330 e. The van der Waals surface area contributed by atoms with Crippen LogP contribution < -0.4 is 5.73 Å². The lowest BCUT2D eigenvalue weighted by Crippen LogP contribution is -2.10. The fraction of sp³-hybridized carbons (Fsp3) is 0.571. The van der Waals surface area contributed by atoms with Gasteiger partial charge in [-0.05, 0) is 42.3 Å². The fourth-order valence-corrected chi connectivity index (χ4v) is 1.64. The molecule has 0 saturated carbocycles. The molecule has 0 amide bonds. The van der Waals surface area contributed by atoms with Crippen molar-refractivity contribution in [2.75, 3.05) is 6.54 Å². The molecule has 1 nitrogen and oxygen atoms in total. The summed E-state index contributed by atoms with van der Waals surface area (Å²) < 4.78 is 0. The normalized spacial score (nSPS) is 11.7. The summed E-state index contributed by atoms with van der Waals surface area (Å²) in [6.07, 6.45) is 3.48. The SMILES string of the molecule is CC(C)(C)c1ccc(CCCCN)cc1. The second-order valence-electron chi connectivity index (χ2n) is 5.19. The highest BCUT2D eigenvalue weighted by Crippen LogP contribution is 2.22. The molecule has 2 N–H and O–H groups in total. The van der Waals surface area contributed by atoms with Crippen LogP contribution in [-0.4, -0.2) is 6.54 Å². The van der Waals surface area contributed by atoms with E-state index in [9.17, 15) is 0 Å². The monoisotopic (exact) mass is 205 g/mol. The molecule has 1 aromatic carbocycles. The van der Waals surface area contributed by atoms with Crippen LogP contribution in [0.15, 0.2) is 24.3 Å². The van der Waals surface area contributed by atoms with Crippen molar-refractivity contribution in [3.8, 4) is 0 Å². The lowest BCUT2D eigenvalue weighted by molar-refractivity contribution is 0.590. The van der Waals surface area contributed by atoms with E-state index in [4.69, 9.17) is 5.73 Å². The van der Waals surface area contributed by atoms with Gasteiger partial charge >= 0.3 is 0 Å². The van der Waals surface area contributed by atoms with Gasteiger partial charge in [0.05, 0.1) is 0 Å². The van der Waals surface area contributed by atoms with Gasteiger partial charge in [0.15, 0.2) is 0 Å². The molecule has 1 aromatic rings. The third-order valence-electron chi connectivity index (χ3n) is 2.74. The minimum atomic E-state index is 0.260. The number of hydrogen-bond donors (Lipinski definition) is 1. The van der Waals surface area contributed by atoms with Gasteiger partial charge in [-0.25, -0.2) is 0 Å². The zero-order chi connectivity index (χ0) is 11.3. The summed E-state index contributed by atoms with van der Waals surface area (Å²) in [5.74, 6) is 0. The maximum Gasteiger partial charge on any atom is -0.00772 e. The van der Waals surface area contributed by atoms with E-state index < -0.39 is 0 Å². The van der Waals surface area contributed by atoms with E-state index in [1.54, 1.807) is 0 Å². The van der Waals surface area contributed by atoms with Gasteiger partial charge in [0.1, 0.15) is 0 Å². The first-order chi connectivity index (χ1) is 7.04. The van der Waals surface area contributed by atoms with Crippen molar-refractivity contribution in [3.05, 3.63) is 35.4 Å². The average molecular weight is 205 g/mol. The molecule has 1 heteroatoms. The fourth-order valence-electron chi connectivity index (χ4n) is 1.64. The van der Waals surface area contributed by atoms with Gasteiger partial charge in [0, 0.05) is 0 Å². The third-order valence-corrected chi connectivity index (χ3v) is 2.74. The van der Waals surface area contributed by atoms with Crippen LogP contribution in [0.25, 0.3) is 0 Å². The van der Waals surface area contributed by atoms with E-state index in [1.807, 2.05) is 0 Å². The molecule has 0 radical (unpaired) electrons. The van der Waals surface area contributed by atoms with Gasteiger partial charge in [-0.2, -0.15) is 0 Å². The Kier molecular flexibility index (Phi) is 4.34. The Morgan fingerprint density at radius 3 is 2.07 bits per heavy atom. The first-order valence-electron chi connectivity index (χ1n) is 5.83. The summed E-state index contributed by atoms with van der Waals surface area (Å²) in [6, 6.07) is 8.99. The Balaban J connectivity index is 2.57. The van der Waals surface area contributed by atoms with Crippen LogP contribution in [0.3, 0.4) is 0 Å². The molecule has 0 spiro atoms. The highest BCUT2D eigenvalue weighted by atomic mass is 14.5. The molecule has 15 heavy (non-hydrogen) atoms. The second kappa shape index (κ2) is 5.32. The van der Waals surface area contributed by atoms with Gasteiger partial charge in [-0.3, -0.25) is 0 Å². The van der Waals surface area contributed by atoms with E-state index in [0.717, 1.165) is 19.4 Å². The average Bonchev–Trinajstić information content (AvgIpc) is 2.18. The lowest BCUT2D eigenvalue weighted by atomic mass is 9.86. The van der Waals surface area contributed by atoms with Crippen LogP contribution in [0, 0.1) is 0 Å². The summed E-state index contributed by atoms with van der Waals surface area (Å²) in [7, 11) is 0. The second-order valence-corrected chi connectivity index (χ2v) is 5.19. The minimum absolute atomic E-state index is 0.260. The molecule has 0 bridgehead atoms. The molecule has 0 fully saturated rings. The van der Waals surface area contributed by atoms with E-state index >= 15 is 0 Å². The summed E-state index contributed by atoms with van der Waals surface area (Å²) in [5, 5.41) is 0. The van der Waals surface area contributed by atoms with Gasteiger partial charge in [0.25, 0.3) is 0 Å². The number of unbranched alkanes of at least 4 members (excludes halogenated alkanes) is 1. The van der Waals surface area contributed by atoms with E-state index in [1.165, 1.54) is 17.5 Å². The molecule has 0 heterocycles. The predicted octanol–water partition coefficient (Wildman–Crippen LogP) is 3.27.